The summed E-state index contributed by atoms with van der Waals surface area (Å²) in [4.78, 5) is 59.9. The molecule has 0 atom stereocenters. The average molecular weight is 771 g/mol. The third-order valence-electron chi connectivity index (χ3n) is 9.99. The second-order valence-electron chi connectivity index (χ2n) is 17.0. The number of benzene rings is 3. The predicted molar refractivity (Wildman–Crippen MR) is 212 cm³/mol. The number of carboxylic acids is 1. The van der Waals surface area contributed by atoms with Crippen LogP contribution in [0.2, 0.25) is 0 Å². The molecule has 3 aliphatic rings. The summed E-state index contributed by atoms with van der Waals surface area (Å²) in [6.45, 7) is 15.2. The van der Waals surface area contributed by atoms with Crippen LogP contribution in [0.5, 0.6) is 0 Å². The van der Waals surface area contributed by atoms with Crippen LogP contribution < -0.4 is 0 Å². The van der Waals surface area contributed by atoms with Crippen LogP contribution >= 0.6 is 0 Å². The Morgan fingerprint density at radius 3 is 1.25 bits per heavy atom. The quantitative estimate of drug-likeness (QED) is 0.171. The zero-order valence-corrected chi connectivity index (χ0v) is 34.2. The molecule has 10 heteroatoms. The number of ether oxygens (including phenoxy) is 4. The van der Waals surface area contributed by atoms with Gasteiger partial charge in [0.15, 0.2) is 0 Å². The molecule has 56 heavy (non-hydrogen) atoms. The fourth-order valence-corrected chi connectivity index (χ4v) is 7.66. The zero-order chi connectivity index (χ0) is 41.3. The molecule has 10 nitrogen and oxygen atoms in total. The van der Waals surface area contributed by atoms with E-state index in [1.54, 1.807) is 27.7 Å². The lowest BCUT2D eigenvalue weighted by Crippen LogP contribution is -2.38. The first-order valence-electron chi connectivity index (χ1n) is 19.5. The van der Waals surface area contributed by atoms with E-state index in [0.29, 0.717) is 38.9 Å². The van der Waals surface area contributed by atoms with Crippen LogP contribution in [0.3, 0.4) is 0 Å². The van der Waals surface area contributed by atoms with Gasteiger partial charge in [-0.15, -0.1) is 0 Å². The Hall–Kier alpha value is -4.99. The number of hydrogen-bond donors (Lipinski definition) is 1. The van der Waals surface area contributed by atoms with Crippen molar-refractivity contribution in [2.45, 2.75) is 118 Å². The molecule has 0 amide bonds. The number of carbonyl (C=O) groups excluding carboxylic acids is 4. The highest BCUT2D eigenvalue weighted by Gasteiger charge is 2.48. The smallest absolute Gasteiger partial charge is 0.313 e. The van der Waals surface area contributed by atoms with Crippen molar-refractivity contribution in [2.75, 3.05) is 13.2 Å². The first-order valence-corrected chi connectivity index (χ1v) is 19.5. The van der Waals surface area contributed by atoms with Crippen LogP contribution in [0, 0.1) is 16.7 Å². The molecule has 0 spiro atoms. The number of fused-ring (bicyclic) bond motifs is 3. The molecule has 1 N–H and O–H groups in total. The summed E-state index contributed by atoms with van der Waals surface area (Å²) in [6, 6.07) is 23.8. The number of carbonyl (C=O) groups is 5. The Morgan fingerprint density at radius 1 is 0.571 bits per heavy atom. The zero-order valence-electron chi connectivity index (χ0n) is 34.2. The van der Waals surface area contributed by atoms with Crippen LogP contribution in [0.25, 0.3) is 0 Å². The fraction of sp³-hybridized carbons (Fsp3) is 0.500. The van der Waals surface area contributed by atoms with E-state index >= 15 is 0 Å². The molecule has 0 saturated heterocycles. The topological polar surface area (TPSA) is 142 Å². The molecule has 0 heterocycles. The van der Waals surface area contributed by atoms with E-state index in [-0.39, 0.29) is 36.7 Å². The summed E-state index contributed by atoms with van der Waals surface area (Å²) >= 11 is 0. The van der Waals surface area contributed by atoms with Crippen LogP contribution in [0.1, 0.15) is 102 Å². The molecule has 0 aromatic heterocycles. The molecule has 3 aliphatic carbocycles. The highest BCUT2D eigenvalue weighted by Crippen LogP contribution is 2.42. The molecule has 302 valence electrons. The molecule has 3 aromatic carbocycles. The molecule has 0 fully saturated rings. The lowest BCUT2D eigenvalue weighted by Gasteiger charge is -2.28. The molecule has 0 aliphatic heterocycles. The normalized spacial score (nSPS) is 16.0. The van der Waals surface area contributed by atoms with Gasteiger partial charge in [-0.05, 0) is 127 Å². The minimum Gasteiger partial charge on any atom is -0.481 e. The van der Waals surface area contributed by atoms with Crippen LogP contribution in [-0.4, -0.2) is 59.4 Å². The number of aliphatic carboxylic acids is 1. The van der Waals surface area contributed by atoms with Gasteiger partial charge in [0, 0.05) is 0 Å². The van der Waals surface area contributed by atoms with Crippen molar-refractivity contribution in [1.29, 1.82) is 0 Å². The molecule has 6 rings (SSSR count). The molecular weight excluding hydrogens is 712 g/mol. The molecule has 0 saturated carbocycles. The van der Waals surface area contributed by atoms with Crippen LogP contribution in [-0.2, 0) is 81.4 Å². The molecule has 0 unspecified atom stereocenters. The summed E-state index contributed by atoms with van der Waals surface area (Å²) in [5.74, 6) is -2.05. The molecule has 0 radical (unpaired) electrons. The Morgan fingerprint density at radius 2 is 0.911 bits per heavy atom. The fourth-order valence-electron chi connectivity index (χ4n) is 7.66. The van der Waals surface area contributed by atoms with E-state index in [1.807, 2.05) is 88.4 Å². The Balaban J connectivity index is 0.000000191. The third-order valence-corrected chi connectivity index (χ3v) is 9.99. The molecule has 0 bridgehead atoms. The first kappa shape index (κ1) is 43.7. The van der Waals surface area contributed by atoms with Gasteiger partial charge in [-0.1, -0.05) is 72.8 Å². The predicted octanol–water partition coefficient (Wildman–Crippen LogP) is 7.62. The second-order valence-corrected chi connectivity index (χ2v) is 17.0. The van der Waals surface area contributed by atoms with Gasteiger partial charge >= 0.3 is 29.8 Å². The van der Waals surface area contributed by atoms with Gasteiger partial charge in [0.05, 0.1) is 42.8 Å². The highest BCUT2D eigenvalue weighted by molar-refractivity contribution is 5.86. The van der Waals surface area contributed by atoms with Gasteiger partial charge in [0.25, 0.3) is 0 Å². The van der Waals surface area contributed by atoms with E-state index in [9.17, 15) is 29.1 Å². The second kappa shape index (κ2) is 18.3. The number of carboxylic acid groups (broad SMARTS) is 1. The van der Waals surface area contributed by atoms with Gasteiger partial charge in [-0.3, -0.25) is 24.0 Å². The molecule has 3 aromatic rings. The van der Waals surface area contributed by atoms with E-state index in [0.717, 1.165) is 35.1 Å². The van der Waals surface area contributed by atoms with Crippen molar-refractivity contribution >= 4 is 29.8 Å². The Labute approximate surface area is 331 Å². The van der Waals surface area contributed by atoms with Crippen molar-refractivity contribution < 1.29 is 48.0 Å². The maximum absolute atomic E-state index is 12.5. The molecular formula is C46H58O10. The van der Waals surface area contributed by atoms with Gasteiger partial charge in [0.1, 0.15) is 11.2 Å². The van der Waals surface area contributed by atoms with Gasteiger partial charge in [-0.25, -0.2) is 0 Å². The van der Waals surface area contributed by atoms with E-state index in [2.05, 4.69) is 12.1 Å². The maximum atomic E-state index is 12.5. The Bertz CT molecular complexity index is 1800. The monoisotopic (exact) mass is 770 g/mol. The van der Waals surface area contributed by atoms with Crippen molar-refractivity contribution in [3.63, 3.8) is 0 Å². The number of rotatable bonds is 9. The van der Waals surface area contributed by atoms with Crippen molar-refractivity contribution in [2.24, 2.45) is 16.7 Å². The summed E-state index contributed by atoms with van der Waals surface area (Å²) in [6.07, 6.45) is 3.48. The van der Waals surface area contributed by atoms with Crippen molar-refractivity contribution in [1.82, 2.24) is 0 Å². The van der Waals surface area contributed by atoms with Gasteiger partial charge < -0.3 is 24.1 Å². The van der Waals surface area contributed by atoms with Gasteiger partial charge in [0.2, 0.25) is 0 Å². The number of hydrogen-bond acceptors (Lipinski definition) is 9. The number of esters is 4. The van der Waals surface area contributed by atoms with E-state index in [1.165, 1.54) is 11.1 Å². The highest BCUT2D eigenvalue weighted by atomic mass is 16.6. The lowest BCUT2D eigenvalue weighted by atomic mass is 9.81. The third kappa shape index (κ3) is 11.8. The minimum absolute atomic E-state index is 0.0485. The maximum Gasteiger partial charge on any atom is 0.313 e. The standard InChI is InChI=1S/C18H24O4.C16H20O4.C12H14O2/c1-5-21-16(20)18(12-15(19)22-17(2,3)4)10-13-8-6-7-9-14(13)11-18;1-15(2,3)20-13(17)10-16(14(18)19)8-11-6-4-5-7-12(11)9-16;1-2-14-12(13)11-7-9-5-3-4-6-10(9)8-11/h6-9H,5,10-12H2,1-4H3;4-7H,8-10H2,1-3H3,(H,18,19);3-6,11H,2,7-8H2,1H3. The van der Waals surface area contributed by atoms with E-state index < -0.39 is 34.0 Å². The van der Waals surface area contributed by atoms with Crippen LogP contribution in [0.4, 0.5) is 0 Å². The van der Waals surface area contributed by atoms with Gasteiger partial charge in [-0.2, -0.15) is 0 Å². The van der Waals surface area contributed by atoms with Crippen molar-refractivity contribution in [3.8, 4) is 0 Å². The Kier molecular flexibility index (Phi) is 14.3. The van der Waals surface area contributed by atoms with Crippen LogP contribution in [0.15, 0.2) is 72.8 Å². The largest absolute Gasteiger partial charge is 0.481 e. The summed E-state index contributed by atoms with van der Waals surface area (Å²) in [5, 5.41) is 9.58. The summed E-state index contributed by atoms with van der Waals surface area (Å²) in [5.41, 5.74) is 3.79. The lowest BCUT2D eigenvalue weighted by molar-refractivity contribution is -0.167. The average Bonchev–Trinajstić information content (AvgIpc) is 3.81. The summed E-state index contributed by atoms with van der Waals surface area (Å²) in [7, 11) is 0. The SMILES string of the molecule is CC(C)(C)OC(=O)CC1(C(=O)O)Cc2ccccc2C1.CCOC(=O)C1(CC(=O)OC(C)(C)C)Cc2ccccc2C1.CCOC(=O)C1Cc2ccccc2C1. The summed E-state index contributed by atoms with van der Waals surface area (Å²) < 4.78 is 20.9. The minimum atomic E-state index is -1.06. The first-order chi connectivity index (χ1) is 26.3. The van der Waals surface area contributed by atoms with E-state index in [4.69, 9.17) is 18.9 Å². The van der Waals surface area contributed by atoms with Crippen molar-refractivity contribution in [3.05, 3.63) is 106 Å².